The number of aliphatic hydroxyl groups excluding tert-OH is 3. The molecule has 2 rings (SSSR count). The molecule has 4 N–H and O–H groups in total. The second-order valence-corrected chi connectivity index (χ2v) is 14.6. The summed E-state index contributed by atoms with van der Waals surface area (Å²) < 4.78 is 0. The molecule has 4 nitrogen and oxygen atoms in total. The second-order valence-electron chi connectivity index (χ2n) is 14.6. The first-order valence-electron chi connectivity index (χ1n) is 16.1. The van der Waals surface area contributed by atoms with Crippen molar-refractivity contribution in [2.45, 2.75) is 106 Å². The molecule has 242 valence electrons. The van der Waals surface area contributed by atoms with Crippen LogP contribution in [0.15, 0.2) is 113 Å². The summed E-state index contributed by atoms with van der Waals surface area (Å²) in [7, 11) is 0. The molecular weight excluding hydrogens is 544 g/mol. The minimum atomic E-state index is -1.13. The van der Waals surface area contributed by atoms with Crippen LogP contribution in [0, 0.1) is 22.7 Å². The standard InChI is InChI=1S/C40H58O4/c1-29(16-12-17-31(3)20-22-36-32(4)24-34(42)25-38(36,5)6)14-10-11-15-30(2)18-13-19-33(28-41)21-23-37-39(7,8)26-35(43)27-40(37,9)44/h10-22,32,34-36,41-44H,24-28H2,1-9H3/b11-10+,16-12+,18-13+,22-20+,29-14+,30-15+,31-17+,33-19-. The van der Waals surface area contributed by atoms with Crippen LogP contribution in [0.3, 0.4) is 0 Å². The molecule has 5 atom stereocenters. The third kappa shape index (κ3) is 12.0. The number of hydrogen-bond acceptors (Lipinski definition) is 4. The molecule has 0 aliphatic heterocycles. The van der Waals surface area contributed by atoms with Crippen LogP contribution in [-0.2, 0) is 0 Å². The van der Waals surface area contributed by atoms with Gasteiger partial charge in [0.2, 0.25) is 0 Å². The van der Waals surface area contributed by atoms with Crippen LogP contribution in [0.2, 0.25) is 0 Å². The molecule has 0 saturated heterocycles. The summed E-state index contributed by atoms with van der Waals surface area (Å²) in [5, 5.41) is 40.9. The summed E-state index contributed by atoms with van der Waals surface area (Å²) in [6.07, 6.45) is 28.3. The summed E-state index contributed by atoms with van der Waals surface area (Å²) in [6, 6.07) is 0. The minimum absolute atomic E-state index is 0.106. The maximum Gasteiger partial charge on any atom is 0.0931 e. The molecule has 5 unspecified atom stereocenters. The van der Waals surface area contributed by atoms with E-state index in [0.29, 0.717) is 23.8 Å². The van der Waals surface area contributed by atoms with Gasteiger partial charge in [-0.2, -0.15) is 0 Å². The summed E-state index contributed by atoms with van der Waals surface area (Å²) in [4.78, 5) is 0. The van der Waals surface area contributed by atoms with E-state index in [0.717, 1.165) is 29.6 Å². The molecule has 0 amide bonds. The Bertz CT molecular complexity index is 1260. The smallest absolute Gasteiger partial charge is 0.0931 e. The molecule has 0 spiro atoms. The van der Waals surface area contributed by atoms with Crippen LogP contribution in [-0.4, -0.2) is 44.8 Å². The van der Waals surface area contributed by atoms with Gasteiger partial charge in [0.05, 0.1) is 24.4 Å². The molecule has 2 fully saturated rings. The largest absolute Gasteiger partial charge is 0.393 e. The van der Waals surface area contributed by atoms with E-state index in [2.05, 4.69) is 76.8 Å². The van der Waals surface area contributed by atoms with Crippen LogP contribution >= 0.6 is 0 Å². The van der Waals surface area contributed by atoms with Crippen molar-refractivity contribution in [2.75, 3.05) is 6.61 Å². The van der Waals surface area contributed by atoms with E-state index >= 15 is 0 Å². The lowest BCUT2D eigenvalue weighted by molar-refractivity contribution is -0.0268. The van der Waals surface area contributed by atoms with Crippen LogP contribution < -0.4 is 0 Å². The van der Waals surface area contributed by atoms with Gasteiger partial charge in [0.25, 0.3) is 0 Å². The van der Waals surface area contributed by atoms with Gasteiger partial charge in [0, 0.05) is 12.0 Å². The monoisotopic (exact) mass is 602 g/mol. The molecule has 0 aromatic rings. The van der Waals surface area contributed by atoms with Gasteiger partial charge >= 0.3 is 0 Å². The molecule has 4 heteroatoms. The lowest BCUT2D eigenvalue weighted by atomic mass is 9.63. The van der Waals surface area contributed by atoms with Crippen molar-refractivity contribution < 1.29 is 20.4 Å². The summed E-state index contributed by atoms with van der Waals surface area (Å²) >= 11 is 0. The molecule has 0 aromatic carbocycles. The molecule has 2 aliphatic rings. The first kappa shape index (κ1) is 37.5. The quantitative estimate of drug-likeness (QED) is 0.149. The Balaban J connectivity index is 1.97. The van der Waals surface area contributed by atoms with Gasteiger partial charge in [-0.25, -0.2) is 0 Å². The van der Waals surface area contributed by atoms with E-state index in [9.17, 15) is 20.4 Å². The van der Waals surface area contributed by atoms with Crippen LogP contribution in [0.4, 0.5) is 0 Å². The van der Waals surface area contributed by atoms with Crippen molar-refractivity contribution in [1.82, 2.24) is 0 Å². The van der Waals surface area contributed by atoms with Crippen molar-refractivity contribution in [1.29, 1.82) is 0 Å². The van der Waals surface area contributed by atoms with E-state index in [1.807, 2.05) is 57.2 Å². The Morgan fingerprint density at radius 2 is 1.32 bits per heavy atom. The molecular formula is C40H58O4. The zero-order valence-corrected chi connectivity index (χ0v) is 28.6. The number of aliphatic hydroxyl groups is 4. The zero-order chi connectivity index (χ0) is 33.1. The maximum absolute atomic E-state index is 10.9. The Morgan fingerprint density at radius 3 is 1.86 bits per heavy atom. The molecule has 2 aliphatic carbocycles. The first-order valence-corrected chi connectivity index (χ1v) is 16.1. The van der Waals surface area contributed by atoms with E-state index in [1.165, 1.54) is 5.57 Å². The van der Waals surface area contributed by atoms with Crippen molar-refractivity contribution in [2.24, 2.45) is 22.7 Å². The third-order valence-corrected chi connectivity index (χ3v) is 8.88. The fourth-order valence-corrected chi connectivity index (χ4v) is 6.85. The van der Waals surface area contributed by atoms with Crippen molar-refractivity contribution in [3.8, 4) is 0 Å². The topological polar surface area (TPSA) is 80.9 Å². The zero-order valence-electron chi connectivity index (χ0n) is 28.6. The van der Waals surface area contributed by atoms with Gasteiger partial charge < -0.3 is 20.4 Å². The SMILES string of the molecule is CC(/C=C/C=C(/C=C=C1C(C)(C)CC(O)CC1(C)O)CO)=C\C=C\C=C(C)\C=C\C=C(C)\C=C\C1C(C)CC(O)CC1(C)C. The van der Waals surface area contributed by atoms with Crippen molar-refractivity contribution in [3.63, 3.8) is 0 Å². The van der Waals surface area contributed by atoms with Gasteiger partial charge in [-0.15, -0.1) is 5.73 Å². The first-order chi connectivity index (χ1) is 20.5. The molecule has 0 radical (unpaired) electrons. The van der Waals surface area contributed by atoms with Gasteiger partial charge in [-0.1, -0.05) is 124 Å². The Morgan fingerprint density at radius 1 is 0.773 bits per heavy atom. The van der Waals surface area contributed by atoms with Gasteiger partial charge in [-0.05, 0) is 81.3 Å². The Kier molecular flexibility index (Phi) is 14.1. The van der Waals surface area contributed by atoms with E-state index in [-0.39, 0.29) is 30.0 Å². The summed E-state index contributed by atoms with van der Waals surface area (Å²) in [5.41, 5.74) is 6.68. The number of hydrogen-bond donors (Lipinski definition) is 4. The highest BCUT2D eigenvalue weighted by molar-refractivity contribution is 5.34. The molecule has 0 bridgehead atoms. The highest BCUT2D eigenvalue weighted by atomic mass is 16.3. The van der Waals surface area contributed by atoms with E-state index in [1.54, 1.807) is 13.0 Å². The summed E-state index contributed by atoms with van der Waals surface area (Å²) in [5.74, 6) is 0.941. The fraction of sp³-hybridized carbons (Fsp3) is 0.525. The highest BCUT2D eigenvalue weighted by Crippen LogP contribution is 2.46. The second kappa shape index (κ2) is 16.5. The van der Waals surface area contributed by atoms with Crippen LogP contribution in [0.5, 0.6) is 0 Å². The summed E-state index contributed by atoms with van der Waals surface area (Å²) in [6.45, 7) is 18.6. The Hall–Kier alpha value is -2.72. The minimum Gasteiger partial charge on any atom is -0.393 e. The van der Waals surface area contributed by atoms with E-state index < -0.39 is 11.7 Å². The average molecular weight is 603 g/mol. The molecule has 0 heterocycles. The predicted molar refractivity (Wildman–Crippen MR) is 186 cm³/mol. The third-order valence-electron chi connectivity index (χ3n) is 8.88. The van der Waals surface area contributed by atoms with Crippen molar-refractivity contribution in [3.05, 3.63) is 113 Å². The van der Waals surface area contributed by atoms with Crippen LogP contribution in [0.25, 0.3) is 0 Å². The normalized spacial score (nSPS) is 30.6. The molecule has 0 aromatic heterocycles. The van der Waals surface area contributed by atoms with Gasteiger partial charge in [-0.3, -0.25) is 0 Å². The lowest BCUT2D eigenvalue weighted by Crippen LogP contribution is -2.45. The van der Waals surface area contributed by atoms with Crippen LogP contribution in [0.1, 0.15) is 88.0 Å². The highest BCUT2D eigenvalue weighted by Gasteiger charge is 2.44. The van der Waals surface area contributed by atoms with Gasteiger partial charge in [0.1, 0.15) is 0 Å². The number of allylic oxidation sites excluding steroid dienone is 15. The average Bonchev–Trinajstić information content (AvgIpc) is 2.87. The Labute approximate surface area is 267 Å². The molecule has 2 saturated carbocycles. The van der Waals surface area contributed by atoms with Crippen molar-refractivity contribution >= 4 is 0 Å². The maximum atomic E-state index is 10.9. The fourth-order valence-electron chi connectivity index (χ4n) is 6.85. The van der Waals surface area contributed by atoms with E-state index in [4.69, 9.17) is 0 Å². The predicted octanol–water partition coefficient (Wildman–Crippen LogP) is 8.42. The molecule has 44 heavy (non-hydrogen) atoms. The lowest BCUT2D eigenvalue weighted by Gasteiger charge is -2.43. The van der Waals surface area contributed by atoms with Gasteiger partial charge in [0.15, 0.2) is 0 Å². The number of rotatable bonds is 10.